The van der Waals surface area contributed by atoms with Crippen LogP contribution in [0.5, 0.6) is 0 Å². The van der Waals surface area contributed by atoms with E-state index in [0.29, 0.717) is 11.4 Å². The molecule has 0 spiro atoms. The Labute approximate surface area is 90.3 Å². The van der Waals surface area contributed by atoms with Gasteiger partial charge < -0.3 is 0 Å². The summed E-state index contributed by atoms with van der Waals surface area (Å²) >= 11 is 0. The van der Waals surface area contributed by atoms with Crippen LogP contribution in [0.15, 0.2) is 4.90 Å². The average molecular weight is 231 g/mol. The fraction of sp³-hybridized carbons (Fsp3) is 0.667. The topological polar surface area (TPSA) is 78.0 Å². The van der Waals surface area contributed by atoms with Crippen LogP contribution < -0.4 is 5.14 Å². The van der Waals surface area contributed by atoms with Crippen LogP contribution in [0, 0.1) is 13.8 Å². The van der Waals surface area contributed by atoms with Crippen molar-refractivity contribution in [2.45, 2.75) is 45.1 Å². The number of aryl methyl sites for hydroxylation is 1. The number of nitrogens with zero attached hydrogens (tertiary/aromatic N) is 2. The highest BCUT2D eigenvalue weighted by Crippen LogP contribution is 2.21. The van der Waals surface area contributed by atoms with Crippen LogP contribution in [0.1, 0.15) is 37.7 Å². The van der Waals surface area contributed by atoms with Crippen molar-refractivity contribution in [1.82, 2.24) is 9.78 Å². The zero-order valence-corrected chi connectivity index (χ0v) is 10.3. The van der Waals surface area contributed by atoms with Crippen molar-refractivity contribution in [2.75, 3.05) is 0 Å². The third-order valence-electron chi connectivity index (χ3n) is 2.55. The van der Waals surface area contributed by atoms with E-state index in [0.717, 1.165) is 6.42 Å². The first-order valence-electron chi connectivity index (χ1n) is 4.87. The molecule has 5 nitrogen and oxygen atoms in total. The largest absolute Gasteiger partial charge is 0.265 e. The van der Waals surface area contributed by atoms with Crippen molar-refractivity contribution in [3.05, 3.63) is 11.4 Å². The highest BCUT2D eigenvalue weighted by Gasteiger charge is 2.22. The maximum absolute atomic E-state index is 11.3. The van der Waals surface area contributed by atoms with Gasteiger partial charge in [0.05, 0.1) is 11.4 Å². The molecule has 0 saturated heterocycles. The summed E-state index contributed by atoms with van der Waals surface area (Å²) in [4.78, 5) is 0.155. The van der Waals surface area contributed by atoms with Crippen LogP contribution in [0.3, 0.4) is 0 Å². The van der Waals surface area contributed by atoms with E-state index in [9.17, 15) is 8.42 Å². The summed E-state index contributed by atoms with van der Waals surface area (Å²) in [6, 6.07) is 0.180. The van der Waals surface area contributed by atoms with Crippen LogP contribution in [-0.2, 0) is 10.0 Å². The van der Waals surface area contributed by atoms with Crippen molar-refractivity contribution in [2.24, 2.45) is 5.14 Å². The zero-order valence-electron chi connectivity index (χ0n) is 9.48. The van der Waals surface area contributed by atoms with Gasteiger partial charge in [0.1, 0.15) is 4.90 Å². The Morgan fingerprint density at radius 2 is 2.00 bits per heavy atom. The molecular weight excluding hydrogens is 214 g/mol. The molecule has 1 aromatic heterocycles. The molecule has 1 rings (SSSR count). The van der Waals surface area contributed by atoms with E-state index in [-0.39, 0.29) is 10.9 Å². The Balaban J connectivity index is 3.40. The fourth-order valence-corrected chi connectivity index (χ4v) is 2.62. The van der Waals surface area contributed by atoms with Gasteiger partial charge in [-0.25, -0.2) is 13.6 Å². The molecular formula is C9H17N3O2S. The lowest BCUT2D eigenvalue weighted by molar-refractivity contribution is 0.464. The number of nitrogens with two attached hydrogens (primary N) is 1. The number of hydrogen-bond acceptors (Lipinski definition) is 3. The molecule has 0 aliphatic heterocycles. The Kier molecular flexibility index (Phi) is 3.20. The summed E-state index contributed by atoms with van der Waals surface area (Å²) in [5, 5.41) is 9.34. The Hall–Kier alpha value is -0.880. The van der Waals surface area contributed by atoms with Crippen molar-refractivity contribution in [3.63, 3.8) is 0 Å². The summed E-state index contributed by atoms with van der Waals surface area (Å²) < 4.78 is 24.4. The van der Waals surface area contributed by atoms with Gasteiger partial charge in [0, 0.05) is 6.04 Å². The minimum absolute atomic E-state index is 0.155. The first-order chi connectivity index (χ1) is 6.79. The summed E-state index contributed by atoms with van der Waals surface area (Å²) in [7, 11) is -3.67. The normalized spacial score (nSPS) is 14.2. The van der Waals surface area contributed by atoms with Crippen LogP contribution >= 0.6 is 0 Å². The smallest absolute Gasteiger partial charge is 0.241 e. The fourth-order valence-electron chi connectivity index (χ4n) is 1.66. The third-order valence-corrected chi connectivity index (χ3v) is 3.71. The molecule has 0 fully saturated rings. The highest BCUT2D eigenvalue weighted by atomic mass is 32.2. The predicted octanol–water partition coefficient (Wildman–Crippen LogP) is 1.12. The van der Waals surface area contributed by atoms with Gasteiger partial charge in [0.2, 0.25) is 10.0 Å². The van der Waals surface area contributed by atoms with Gasteiger partial charge in [-0.15, -0.1) is 0 Å². The molecule has 0 radical (unpaired) electrons. The molecule has 15 heavy (non-hydrogen) atoms. The molecule has 0 aromatic carbocycles. The van der Waals surface area contributed by atoms with Crippen molar-refractivity contribution < 1.29 is 8.42 Å². The van der Waals surface area contributed by atoms with E-state index in [2.05, 4.69) is 5.10 Å². The maximum atomic E-state index is 11.3. The van der Waals surface area contributed by atoms with E-state index < -0.39 is 10.0 Å². The first-order valence-corrected chi connectivity index (χ1v) is 6.42. The molecule has 0 aliphatic carbocycles. The Morgan fingerprint density at radius 3 is 2.33 bits per heavy atom. The summed E-state index contributed by atoms with van der Waals surface area (Å²) in [6.07, 6.45) is 0.895. The molecule has 0 bridgehead atoms. The lowest BCUT2D eigenvalue weighted by atomic mass is 10.2. The quantitative estimate of drug-likeness (QED) is 0.846. The van der Waals surface area contributed by atoms with E-state index in [1.54, 1.807) is 18.5 Å². The summed E-state index contributed by atoms with van der Waals surface area (Å²) in [5.41, 5.74) is 1.08. The highest BCUT2D eigenvalue weighted by molar-refractivity contribution is 7.89. The molecule has 2 N–H and O–H groups in total. The average Bonchev–Trinajstić information content (AvgIpc) is 2.39. The van der Waals surface area contributed by atoms with Crippen LogP contribution in [0.4, 0.5) is 0 Å². The van der Waals surface area contributed by atoms with E-state index in [1.165, 1.54) is 0 Å². The van der Waals surface area contributed by atoms with E-state index in [1.807, 2.05) is 13.8 Å². The Bertz CT molecular complexity index is 462. The molecule has 1 unspecified atom stereocenters. The monoisotopic (exact) mass is 231 g/mol. The van der Waals surface area contributed by atoms with E-state index >= 15 is 0 Å². The number of primary sulfonamides is 1. The second-order valence-corrected chi connectivity index (χ2v) is 5.25. The van der Waals surface area contributed by atoms with Gasteiger partial charge in [0.15, 0.2) is 0 Å². The van der Waals surface area contributed by atoms with Crippen molar-refractivity contribution in [3.8, 4) is 0 Å². The van der Waals surface area contributed by atoms with E-state index in [4.69, 9.17) is 5.14 Å². The lowest BCUT2D eigenvalue weighted by Gasteiger charge is -2.11. The lowest BCUT2D eigenvalue weighted by Crippen LogP contribution is -2.15. The molecule has 0 saturated carbocycles. The van der Waals surface area contributed by atoms with Crippen LogP contribution in [0.2, 0.25) is 0 Å². The molecule has 6 heteroatoms. The predicted molar refractivity (Wildman–Crippen MR) is 58.1 cm³/mol. The van der Waals surface area contributed by atoms with Gasteiger partial charge in [0.25, 0.3) is 0 Å². The minimum Gasteiger partial charge on any atom is -0.265 e. The van der Waals surface area contributed by atoms with Crippen LogP contribution in [-0.4, -0.2) is 18.2 Å². The summed E-state index contributed by atoms with van der Waals surface area (Å²) in [5.74, 6) is 0. The maximum Gasteiger partial charge on any atom is 0.241 e. The second-order valence-electron chi connectivity index (χ2n) is 3.75. The molecule has 0 aliphatic rings. The van der Waals surface area contributed by atoms with Gasteiger partial charge >= 0.3 is 0 Å². The van der Waals surface area contributed by atoms with Crippen LogP contribution in [0.25, 0.3) is 0 Å². The van der Waals surface area contributed by atoms with Crippen molar-refractivity contribution in [1.29, 1.82) is 0 Å². The molecule has 0 amide bonds. The van der Waals surface area contributed by atoms with Gasteiger partial charge in [-0.05, 0) is 27.2 Å². The Morgan fingerprint density at radius 1 is 1.47 bits per heavy atom. The van der Waals surface area contributed by atoms with Gasteiger partial charge in [-0.2, -0.15) is 5.10 Å². The molecule has 1 heterocycles. The van der Waals surface area contributed by atoms with Gasteiger partial charge in [-0.1, -0.05) is 6.92 Å². The number of rotatable bonds is 3. The molecule has 86 valence electrons. The minimum atomic E-state index is -3.67. The standard InChI is InChI=1S/C9H17N3O2S/c1-5-6(2)12-8(4)9(7(3)11-12)15(10,13)14/h6H,5H2,1-4H3,(H2,10,13,14). The number of hydrogen-bond donors (Lipinski definition) is 1. The third kappa shape index (κ3) is 2.21. The number of sulfonamides is 1. The molecule has 1 aromatic rings. The summed E-state index contributed by atoms with van der Waals surface area (Å²) in [6.45, 7) is 7.40. The van der Waals surface area contributed by atoms with Gasteiger partial charge in [-0.3, -0.25) is 4.68 Å². The first kappa shape index (κ1) is 12.2. The van der Waals surface area contributed by atoms with Crippen molar-refractivity contribution >= 4 is 10.0 Å². The molecule has 1 atom stereocenters. The zero-order chi connectivity index (χ0) is 11.8. The second kappa shape index (κ2) is 3.94. The number of aromatic nitrogens is 2. The SMILES string of the molecule is CCC(C)n1nc(C)c(S(N)(=O)=O)c1C.